The number of amides is 3. The molecule has 2 unspecified atom stereocenters. The fourth-order valence-corrected chi connectivity index (χ4v) is 5.80. The molecule has 4 aromatic rings. The van der Waals surface area contributed by atoms with Crippen LogP contribution in [0.25, 0.3) is 0 Å². The zero-order valence-corrected chi connectivity index (χ0v) is 26.6. The summed E-state index contributed by atoms with van der Waals surface area (Å²) in [5, 5.41) is 2.69. The van der Waals surface area contributed by atoms with Gasteiger partial charge >= 0.3 is 18.1 Å². The van der Waals surface area contributed by atoms with E-state index < -0.39 is 48.4 Å². The molecule has 13 heteroatoms. The van der Waals surface area contributed by atoms with Gasteiger partial charge in [-0.25, -0.2) is 4.79 Å². The molecule has 0 aromatic heterocycles. The minimum absolute atomic E-state index is 0.0427. The van der Waals surface area contributed by atoms with E-state index in [1.165, 1.54) is 4.90 Å². The van der Waals surface area contributed by atoms with Gasteiger partial charge in [0.1, 0.15) is 6.04 Å². The van der Waals surface area contributed by atoms with Crippen LogP contribution in [-0.2, 0) is 30.3 Å². The van der Waals surface area contributed by atoms with E-state index in [1.54, 1.807) is 109 Å². The zero-order valence-electron chi connectivity index (χ0n) is 26.6. The molecule has 0 spiro atoms. The maximum absolute atomic E-state index is 15.0. The van der Waals surface area contributed by atoms with Gasteiger partial charge in [0.05, 0.1) is 23.7 Å². The van der Waals surface area contributed by atoms with Gasteiger partial charge in [-0.3, -0.25) is 24.1 Å². The third-order valence-corrected chi connectivity index (χ3v) is 8.05. The molecule has 3 amide bonds. The number of aryl methyl sites for hydroxylation is 1. The molecule has 0 saturated carbocycles. The second kappa shape index (κ2) is 15.6. The number of nitrogens with zero attached hydrogens (tertiary/aromatic N) is 2. The SMILES string of the molecule is NCCNC(=O)CCc1ccc2c(c1)C(=O)N(C(CC(=O)OC(=O)C(F)(F)F)c1ccccc1)C(c1ccccc1)C(=O)N2c1ccccc1. The Balaban J connectivity index is 1.69. The molecule has 1 aliphatic rings. The van der Waals surface area contributed by atoms with E-state index in [1.807, 2.05) is 0 Å². The number of esters is 2. The zero-order chi connectivity index (χ0) is 35.8. The molecule has 10 nitrogen and oxygen atoms in total. The highest BCUT2D eigenvalue weighted by molar-refractivity contribution is 6.14. The summed E-state index contributed by atoms with van der Waals surface area (Å²) in [6, 6.07) is 26.9. The number of nitrogens with one attached hydrogen (secondary N) is 1. The van der Waals surface area contributed by atoms with Crippen LogP contribution in [-0.4, -0.2) is 53.8 Å². The van der Waals surface area contributed by atoms with Crippen LogP contribution in [0, 0.1) is 0 Å². The lowest BCUT2D eigenvalue weighted by molar-refractivity contribution is -0.202. The van der Waals surface area contributed by atoms with Crippen LogP contribution < -0.4 is 16.0 Å². The molecule has 50 heavy (non-hydrogen) atoms. The van der Waals surface area contributed by atoms with E-state index >= 15 is 4.79 Å². The number of para-hydroxylation sites is 1. The topological polar surface area (TPSA) is 139 Å². The number of halogens is 3. The predicted molar refractivity (Wildman–Crippen MR) is 177 cm³/mol. The van der Waals surface area contributed by atoms with Gasteiger partial charge in [-0.2, -0.15) is 13.2 Å². The number of anilines is 2. The van der Waals surface area contributed by atoms with Crippen LogP contribution >= 0.6 is 0 Å². The normalized spacial score (nSPS) is 15.2. The maximum Gasteiger partial charge on any atom is 0.491 e. The molecular formula is C37H33F3N4O6. The summed E-state index contributed by atoms with van der Waals surface area (Å²) >= 11 is 0. The molecule has 1 aliphatic heterocycles. The first-order valence-electron chi connectivity index (χ1n) is 15.7. The smallest absolute Gasteiger partial charge is 0.386 e. The highest BCUT2D eigenvalue weighted by Crippen LogP contribution is 2.44. The Bertz CT molecular complexity index is 1860. The van der Waals surface area contributed by atoms with E-state index in [2.05, 4.69) is 10.1 Å². The van der Waals surface area contributed by atoms with Crippen LogP contribution in [0.15, 0.2) is 109 Å². The van der Waals surface area contributed by atoms with E-state index in [0.717, 1.165) is 4.90 Å². The number of ether oxygens (including phenoxy) is 1. The van der Waals surface area contributed by atoms with Crippen LogP contribution in [0.1, 0.15) is 52.0 Å². The molecule has 4 aromatic carbocycles. The molecule has 0 saturated heterocycles. The molecule has 1 heterocycles. The molecule has 2 atom stereocenters. The van der Waals surface area contributed by atoms with Crippen molar-refractivity contribution in [3.05, 3.63) is 131 Å². The number of fused-ring (bicyclic) bond motifs is 1. The fraction of sp³-hybridized carbons (Fsp3) is 0.216. The molecule has 0 fully saturated rings. The number of benzene rings is 4. The summed E-state index contributed by atoms with van der Waals surface area (Å²) in [6.07, 6.45) is -6.02. The van der Waals surface area contributed by atoms with Gasteiger partial charge < -0.3 is 20.7 Å². The highest BCUT2D eigenvalue weighted by Gasteiger charge is 2.47. The predicted octanol–water partition coefficient (Wildman–Crippen LogP) is 5.32. The number of carbonyl (C=O) groups is 5. The highest BCUT2D eigenvalue weighted by atomic mass is 19.4. The van der Waals surface area contributed by atoms with E-state index in [9.17, 15) is 32.3 Å². The number of nitrogens with two attached hydrogens (primary N) is 1. The molecule has 3 N–H and O–H groups in total. The Kier molecular flexibility index (Phi) is 11.1. The van der Waals surface area contributed by atoms with Gasteiger partial charge in [-0.05, 0) is 47.4 Å². The van der Waals surface area contributed by atoms with Crippen molar-refractivity contribution >= 4 is 41.0 Å². The first kappa shape index (κ1) is 35.5. The quantitative estimate of drug-likeness (QED) is 0.161. The van der Waals surface area contributed by atoms with E-state index in [0.29, 0.717) is 28.9 Å². The van der Waals surface area contributed by atoms with E-state index in [4.69, 9.17) is 5.73 Å². The summed E-state index contributed by atoms with van der Waals surface area (Å²) < 4.78 is 43.4. The van der Waals surface area contributed by atoms with Crippen molar-refractivity contribution in [2.45, 2.75) is 37.5 Å². The average Bonchev–Trinajstić information content (AvgIpc) is 3.20. The van der Waals surface area contributed by atoms with Crippen molar-refractivity contribution in [3.8, 4) is 0 Å². The number of rotatable bonds is 11. The maximum atomic E-state index is 15.0. The Hall–Kier alpha value is -5.82. The Labute approximate surface area is 285 Å². The Morgan fingerprint density at radius 2 is 1.48 bits per heavy atom. The van der Waals surface area contributed by atoms with Gasteiger partial charge in [-0.15, -0.1) is 0 Å². The minimum Gasteiger partial charge on any atom is -0.386 e. The molecule has 0 radical (unpaired) electrons. The van der Waals surface area contributed by atoms with Gasteiger partial charge in [0.15, 0.2) is 0 Å². The first-order chi connectivity index (χ1) is 24.0. The second-order valence-corrected chi connectivity index (χ2v) is 11.4. The van der Waals surface area contributed by atoms with Gasteiger partial charge in [0.2, 0.25) is 5.91 Å². The van der Waals surface area contributed by atoms with Crippen molar-refractivity contribution in [1.82, 2.24) is 10.2 Å². The summed E-state index contributed by atoms with van der Waals surface area (Å²) in [5.41, 5.74) is 7.41. The van der Waals surface area contributed by atoms with Crippen molar-refractivity contribution in [2.24, 2.45) is 5.73 Å². The molecule has 0 bridgehead atoms. The minimum atomic E-state index is -5.44. The van der Waals surface area contributed by atoms with Crippen molar-refractivity contribution in [3.63, 3.8) is 0 Å². The van der Waals surface area contributed by atoms with Gasteiger partial charge in [-0.1, -0.05) is 84.9 Å². The molecular weight excluding hydrogens is 653 g/mol. The first-order valence-corrected chi connectivity index (χ1v) is 15.7. The van der Waals surface area contributed by atoms with Crippen molar-refractivity contribution in [2.75, 3.05) is 18.0 Å². The second-order valence-electron chi connectivity index (χ2n) is 11.4. The number of hydrogen-bond acceptors (Lipinski definition) is 7. The Morgan fingerprint density at radius 1 is 0.860 bits per heavy atom. The molecule has 258 valence electrons. The number of alkyl halides is 3. The summed E-state index contributed by atoms with van der Waals surface area (Å²) in [7, 11) is 0. The van der Waals surface area contributed by atoms with Crippen LogP contribution in [0.5, 0.6) is 0 Å². The summed E-state index contributed by atoms with van der Waals surface area (Å²) in [6.45, 7) is 0.560. The third kappa shape index (κ3) is 8.06. The van der Waals surface area contributed by atoms with Crippen molar-refractivity contribution < 1.29 is 41.9 Å². The monoisotopic (exact) mass is 686 g/mol. The van der Waals surface area contributed by atoms with Crippen LogP contribution in [0.4, 0.5) is 24.5 Å². The third-order valence-electron chi connectivity index (χ3n) is 8.05. The fourth-order valence-electron chi connectivity index (χ4n) is 5.80. The Morgan fingerprint density at radius 3 is 2.10 bits per heavy atom. The summed E-state index contributed by atoms with van der Waals surface area (Å²) in [4.78, 5) is 69.5. The standard InChI is InChI=1S/C37H33F3N4O6/c38-37(39,40)36(49)50-32(46)23-30(25-10-4-1-5-11-25)44-33(26-12-6-2-7-13-26)35(48)43(27-14-8-3-9-15-27)29-18-16-24(22-28(29)34(44)47)17-19-31(45)42-21-20-41/h1-16,18,22,30,33H,17,19-21,23,41H2,(H,42,45). The largest absolute Gasteiger partial charge is 0.491 e. The van der Waals surface area contributed by atoms with Gasteiger partial charge in [0, 0.05) is 25.2 Å². The number of carbonyl (C=O) groups excluding carboxylic acids is 5. The molecule has 0 aliphatic carbocycles. The van der Waals surface area contributed by atoms with Crippen LogP contribution in [0.3, 0.4) is 0 Å². The van der Waals surface area contributed by atoms with Gasteiger partial charge in [0.25, 0.3) is 11.8 Å². The summed E-state index contributed by atoms with van der Waals surface area (Å²) in [5.74, 6) is -5.81. The average molecular weight is 687 g/mol. The lowest BCUT2D eigenvalue weighted by Gasteiger charge is -2.37. The lowest BCUT2D eigenvalue weighted by Crippen LogP contribution is -2.44. The number of hydrogen-bond donors (Lipinski definition) is 2. The lowest BCUT2D eigenvalue weighted by atomic mass is 9.95. The molecule has 5 rings (SSSR count). The van der Waals surface area contributed by atoms with Crippen LogP contribution in [0.2, 0.25) is 0 Å². The van der Waals surface area contributed by atoms with E-state index in [-0.39, 0.29) is 36.5 Å². The van der Waals surface area contributed by atoms with Crippen molar-refractivity contribution in [1.29, 1.82) is 0 Å².